The molecule has 4 rings (SSSR count). The fraction of sp³-hybridized carbons (Fsp3) is 0.435. The summed E-state index contributed by atoms with van der Waals surface area (Å²) in [6.45, 7) is 5.13. The minimum atomic E-state index is -1.58. The van der Waals surface area contributed by atoms with Gasteiger partial charge in [0.05, 0.1) is 17.3 Å². The van der Waals surface area contributed by atoms with E-state index in [1.165, 1.54) is 0 Å². The van der Waals surface area contributed by atoms with Gasteiger partial charge in [-0.1, -0.05) is 26.0 Å². The van der Waals surface area contributed by atoms with E-state index < -0.39 is 11.2 Å². The average Bonchev–Trinajstić information content (AvgIpc) is 2.83. The monoisotopic (exact) mass is 457 g/mol. The van der Waals surface area contributed by atoms with Crippen LogP contribution in [-0.4, -0.2) is 45.0 Å². The van der Waals surface area contributed by atoms with E-state index in [9.17, 15) is 9.00 Å². The molecule has 1 amide bonds. The first-order valence-electron chi connectivity index (χ1n) is 11.1. The van der Waals surface area contributed by atoms with Gasteiger partial charge in [-0.2, -0.15) is 4.40 Å². The molecule has 0 spiro atoms. The standard InChI is InChI=1S/C21H25N5O3S.C2H6/c22-21-20-17(24-30(28)25-21)7-3-8-18(20)29-14-16-6-1-2-12-26(16)19(27)10-9-15-5-4-11-23-13-15;1-2/h3-5,7-8,11,13,16,24H,1-2,6,9-10,12,14H2,(H2,22,25);1-2H3. The number of likely N-dealkylation sites (tertiary alicyclic amines) is 1. The quantitative estimate of drug-likeness (QED) is 0.692. The van der Waals surface area contributed by atoms with Gasteiger partial charge >= 0.3 is 0 Å². The molecule has 3 heterocycles. The Hall–Kier alpha value is -2.94. The lowest BCUT2D eigenvalue weighted by Gasteiger charge is -2.36. The van der Waals surface area contributed by atoms with E-state index in [-0.39, 0.29) is 17.8 Å². The zero-order valence-electron chi connectivity index (χ0n) is 18.6. The summed E-state index contributed by atoms with van der Waals surface area (Å²) in [6.07, 6.45) is 7.64. The van der Waals surface area contributed by atoms with Crippen molar-refractivity contribution in [1.29, 1.82) is 0 Å². The molecule has 0 saturated carbocycles. The van der Waals surface area contributed by atoms with Crippen LogP contribution in [0.5, 0.6) is 5.75 Å². The smallest absolute Gasteiger partial charge is 0.245 e. The first-order valence-corrected chi connectivity index (χ1v) is 12.2. The van der Waals surface area contributed by atoms with E-state index in [1.54, 1.807) is 18.5 Å². The molecule has 1 saturated heterocycles. The van der Waals surface area contributed by atoms with Crippen LogP contribution in [0.2, 0.25) is 0 Å². The molecule has 2 aromatic rings. The van der Waals surface area contributed by atoms with Gasteiger partial charge in [0.1, 0.15) is 18.2 Å². The number of benzene rings is 1. The topological polar surface area (TPSA) is 110 Å². The van der Waals surface area contributed by atoms with E-state index in [4.69, 9.17) is 10.5 Å². The third kappa shape index (κ3) is 5.85. The highest BCUT2D eigenvalue weighted by molar-refractivity contribution is 7.85. The van der Waals surface area contributed by atoms with Gasteiger partial charge in [0.25, 0.3) is 0 Å². The van der Waals surface area contributed by atoms with Crippen LogP contribution >= 0.6 is 0 Å². The molecule has 2 aliphatic heterocycles. The van der Waals surface area contributed by atoms with E-state index in [0.29, 0.717) is 36.4 Å². The van der Waals surface area contributed by atoms with Gasteiger partial charge in [0, 0.05) is 25.4 Å². The number of pyridine rings is 1. The highest BCUT2D eigenvalue weighted by Crippen LogP contribution is 2.30. The molecule has 0 aliphatic carbocycles. The maximum atomic E-state index is 12.9. The number of piperidine rings is 1. The number of rotatable bonds is 6. The first kappa shape index (κ1) is 23.7. The van der Waals surface area contributed by atoms with Crippen LogP contribution in [0.4, 0.5) is 5.69 Å². The molecule has 0 bridgehead atoms. The Morgan fingerprint density at radius 1 is 1.28 bits per heavy atom. The van der Waals surface area contributed by atoms with Crippen LogP contribution in [0.3, 0.4) is 0 Å². The molecule has 0 radical (unpaired) electrons. The Balaban J connectivity index is 0.00000141. The van der Waals surface area contributed by atoms with Crippen molar-refractivity contribution in [1.82, 2.24) is 9.88 Å². The van der Waals surface area contributed by atoms with Gasteiger partial charge in [0.2, 0.25) is 17.1 Å². The maximum absolute atomic E-state index is 12.9. The summed E-state index contributed by atoms with van der Waals surface area (Å²) in [7, 11) is 0. The van der Waals surface area contributed by atoms with Crippen molar-refractivity contribution in [2.24, 2.45) is 10.1 Å². The highest BCUT2D eigenvalue weighted by atomic mass is 32.2. The van der Waals surface area contributed by atoms with Crippen molar-refractivity contribution in [3.8, 4) is 5.75 Å². The lowest BCUT2D eigenvalue weighted by Crippen LogP contribution is -2.46. The van der Waals surface area contributed by atoms with Crippen LogP contribution in [0.1, 0.15) is 50.7 Å². The normalized spacial score (nSPS) is 19.6. The Morgan fingerprint density at radius 3 is 2.91 bits per heavy atom. The molecule has 9 heteroatoms. The number of amidine groups is 1. The summed E-state index contributed by atoms with van der Waals surface area (Å²) in [5.74, 6) is 0.900. The van der Waals surface area contributed by atoms with Gasteiger partial charge in [0.15, 0.2) is 0 Å². The molecule has 1 aromatic heterocycles. The second-order valence-corrected chi connectivity index (χ2v) is 8.30. The Kier molecular flexibility index (Phi) is 8.61. The minimum absolute atomic E-state index is 0.0137. The van der Waals surface area contributed by atoms with E-state index >= 15 is 0 Å². The minimum Gasteiger partial charge on any atom is -0.491 e. The zero-order valence-corrected chi connectivity index (χ0v) is 19.4. The highest BCUT2D eigenvalue weighted by Gasteiger charge is 2.28. The predicted octanol–water partition coefficient (Wildman–Crippen LogP) is 3.21. The summed E-state index contributed by atoms with van der Waals surface area (Å²) >= 11 is -1.58. The number of carbonyl (C=O) groups excluding carboxylic acids is 1. The zero-order chi connectivity index (χ0) is 22.9. The van der Waals surface area contributed by atoms with E-state index in [0.717, 1.165) is 31.4 Å². The number of carbonyl (C=O) groups is 1. The fourth-order valence-electron chi connectivity index (χ4n) is 3.88. The molecule has 2 atom stereocenters. The van der Waals surface area contributed by atoms with Crippen molar-refractivity contribution >= 4 is 28.6 Å². The lowest BCUT2D eigenvalue weighted by molar-refractivity contribution is -0.135. The van der Waals surface area contributed by atoms with E-state index in [1.807, 2.05) is 43.0 Å². The maximum Gasteiger partial charge on any atom is 0.245 e. The molecule has 2 unspecified atom stereocenters. The van der Waals surface area contributed by atoms with Crippen LogP contribution in [0, 0.1) is 0 Å². The number of anilines is 1. The molecule has 1 aromatic carbocycles. The van der Waals surface area contributed by atoms with Crippen molar-refractivity contribution in [2.75, 3.05) is 17.9 Å². The molecular formula is C23H31N5O3S. The third-order valence-corrected chi connectivity index (χ3v) is 6.15. The number of nitrogens with two attached hydrogens (primary N) is 1. The number of nitrogens with zero attached hydrogens (tertiary/aromatic N) is 3. The summed E-state index contributed by atoms with van der Waals surface area (Å²) in [4.78, 5) is 18.9. The van der Waals surface area contributed by atoms with Gasteiger partial charge in [-0.05, 0) is 49.4 Å². The van der Waals surface area contributed by atoms with Crippen LogP contribution in [0.15, 0.2) is 47.1 Å². The van der Waals surface area contributed by atoms with Crippen LogP contribution in [0.25, 0.3) is 0 Å². The molecule has 32 heavy (non-hydrogen) atoms. The van der Waals surface area contributed by atoms with Crippen molar-refractivity contribution in [3.05, 3.63) is 53.9 Å². The molecule has 3 N–H and O–H groups in total. The number of hydrogen-bond acceptors (Lipinski definition) is 5. The second kappa shape index (κ2) is 11.6. The number of hydrogen-bond donors (Lipinski definition) is 2. The number of nitrogens with one attached hydrogen (secondary N) is 1. The largest absolute Gasteiger partial charge is 0.491 e. The number of ether oxygens (including phenoxy) is 1. The summed E-state index contributed by atoms with van der Waals surface area (Å²) in [5.41, 5.74) is 8.29. The number of aryl methyl sites for hydroxylation is 1. The van der Waals surface area contributed by atoms with Crippen LogP contribution < -0.4 is 15.2 Å². The number of fused-ring (bicyclic) bond motifs is 1. The van der Waals surface area contributed by atoms with Crippen molar-refractivity contribution in [3.63, 3.8) is 0 Å². The molecule has 2 aliphatic rings. The average molecular weight is 458 g/mol. The summed E-state index contributed by atoms with van der Waals surface area (Å²) in [6, 6.07) is 9.31. The second-order valence-electron chi connectivity index (χ2n) is 7.42. The number of aromatic nitrogens is 1. The fourth-order valence-corrected chi connectivity index (χ4v) is 4.56. The molecule has 1 fully saturated rings. The summed E-state index contributed by atoms with van der Waals surface area (Å²) in [5, 5.41) is 0. The van der Waals surface area contributed by atoms with Gasteiger partial charge in [-0.3, -0.25) is 14.5 Å². The summed E-state index contributed by atoms with van der Waals surface area (Å²) < 4.78 is 24.4. The molecule has 172 valence electrons. The Morgan fingerprint density at radius 2 is 2.12 bits per heavy atom. The molecular weight excluding hydrogens is 426 g/mol. The van der Waals surface area contributed by atoms with Gasteiger partial charge in [-0.25, -0.2) is 4.21 Å². The SMILES string of the molecule is CC.NC1=NS(=O)Nc2cccc(OCC3CCCCN3C(=O)CCc3cccnc3)c21. The molecule has 8 nitrogen and oxygen atoms in total. The lowest BCUT2D eigenvalue weighted by atomic mass is 10.0. The first-order chi connectivity index (χ1) is 15.6. The number of amides is 1. The van der Waals surface area contributed by atoms with Crippen molar-refractivity contribution < 1.29 is 13.7 Å². The Bertz CT molecular complexity index is 967. The predicted molar refractivity (Wildman–Crippen MR) is 128 cm³/mol. The van der Waals surface area contributed by atoms with Gasteiger partial charge in [-0.15, -0.1) is 0 Å². The third-order valence-electron chi connectivity index (χ3n) is 5.39. The Labute approximate surface area is 192 Å². The van der Waals surface area contributed by atoms with Gasteiger partial charge < -0.3 is 15.4 Å². The van der Waals surface area contributed by atoms with E-state index in [2.05, 4.69) is 14.1 Å². The van der Waals surface area contributed by atoms with Crippen LogP contribution in [-0.2, 0) is 22.4 Å². The van der Waals surface area contributed by atoms with Crippen molar-refractivity contribution in [2.45, 2.75) is 52.0 Å².